The van der Waals surface area contributed by atoms with Gasteiger partial charge in [-0.3, -0.25) is 18.9 Å². The molecule has 1 saturated carbocycles. The first-order valence-corrected chi connectivity index (χ1v) is 13.1. The van der Waals surface area contributed by atoms with E-state index in [-0.39, 0.29) is 11.9 Å². The van der Waals surface area contributed by atoms with E-state index in [9.17, 15) is 4.79 Å². The van der Waals surface area contributed by atoms with E-state index in [0.29, 0.717) is 5.92 Å². The Bertz CT molecular complexity index is 1350. The van der Waals surface area contributed by atoms with Gasteiger partial charge in [-0.1, -0.05) is 29.6 Å². The van der Waals surface area contributed by atoms with Crippen LogP contribution >= 0.6 is 23.5 Å². The number of hydrogen-bond donors (Lipinski definition) is 1. The maximum absolute atomic E-state index is 11.6. The Morgan fingerprint density at radius 1 is 1.18 bits per heavy atom. The zero-order valence-corrected chi connectivity index (χ0v) is 20.1. The van der Waals surface area contributed by atoms with Gasteiger partial charge in [0.15, 0.2) is 16.1 Å². The standard InChI is InChI=1S/C23H22N8OS2/c1-14(32)25-17-5-2-6-18(10-17)30-20(15-7-8-15)26-28-22(30)33-12-19-13-34-23-29-27-21(31(19)23)16-4-3-9-24-11-16/h2-6,9-11,15,19H,7-8,12-13H2,1H3,(H,25,32). The molecule has 6 rings (SSSR count). The predicted octanol–water partition coefficient (Wildman–Crippen LogP) is 4.20. The van der Waals surface area contributed by atoms with Crippen LogP contribution < -0.4 is 5.32 Å². The lowest BCUT2D eigenvalue weighted by molar-refractivity contribution is -0.114. The summed E-state index contributed by atoms with van der Waals surface area (Å²) >= 11 is 3.42. The molecule has 1 aromatic carbocycles. The lowest BCUT2D eigenvalue weighted by Gasteiger charge is -2.15. The quantitative estimate of drug-likeness (QED) is 0.385. The molecule has 0 bridgehead atoms. The summed E-state index contributed by atoms with van der Waals surface area (Å²) in [6.45, 7) is 1.51. The van der Waals surface area contributed by atoms with Gasteiger partial charge in [0.25, 0.3) is 0 Å². The van der Waals surface area contributed by atoms with Gasteiger partial charge < -0.3 is 5.32 Å². The normalized spacial score (nSPS) is 17.0. The molecule has 172 valence electrons. The smallest absolute Gasteiger partial charge is 0.221 e. The molecular formula is C23H22N8OS2. The number of benzene rings is 1. The Labute approximate surface area is 204 Å². The van der Waals surface area contributed by atoms with Crippen LogP contribution in [0, 0.1) is 0 Å². The number of nitrogens with zero attached hydrogens (tertiary/aromatic N) is 7. The fraction of sp³-hybridized carbons (Fsp3) is 0.304. The Kier molecular flexibility index (Phi) is 5.58. The monoisotopic (exact) mass is 490 g/mol. The maximum atomic E-state index is 11.6. The molecule has 1 amide bonds. The summed E-state index contributed by atoms with van der Waals surface area (Å²) in [6, 6.07) is 12.0. The molecule has 9 nitrogen and oxygen atoms in total. The van der Waals surface area contributed by atoms with Crippen molar-refractivity contribution >= 4 is 35.1 Å². The second-order valence-electron chi connectivity index (χ2n) is 8.38. The molecule has 4 heterocycles. The van der Waals surface area contributed by atoms with Gasteiger partial charge in [0.05, 0.1) is 11.7 Å². The van der Waals surface area contributed by atoms with Crippen LogP contribution in [0.4, 0.5) is 5.69 Å². The molecule has 0 radical (unpaired) electrons. The van der Waals surface area contributed by atoms with E-state index < -0.39 is 0 Å². The molecule has 1 aliphatic carbocycles. The van der Waals surface area contributed by atoms with Gasteiger partial charge in [-0.05, 0) is 43.2 Å². The number of anilines is 1. The van der Waals surface area contributed by atoms with Crippen molar-refractivity contribution in [3.05, 3.63) is 54.6 Å². The zero-order chi connectivity index (χ0) is 23.1. The average Bonchev–Trinajstić information content (AvgIpc) is 3.27. The summed E-state index contributed by atoms with van der Waals surface area (Å²) in [5, 5.41) is 22.6. The summed E-state index contributed by atoms with van der Waals surface area (Å²) in [7, 11) is 0. The molecule has 3 aromatic heterocycles. The summed E-state index contributed by atoms with van der Waals surface area (Å²) in [5.41, 5.74) is 2.69. The molecule has 1 unspecified atom stereocenters. The molecule has 34 heavy (non-hydrogen) atoms. The second-order valence-corrected chi connectivity index (χ2v) is 10.4. The lowest BCUT2D eigenvalue weighted by Crippen LogP contribution is -2.12. The first-order valence-electron chi connectivity index (χ1n) is 11.1. The Morgan fingerprint density at radius 3 is 2.88 bits per heavy atom. The summed E-state index contributed by atoms with van der Waals surface area (Å²) in [4.78, 5) is 15.8. The maximum Gasteiger partial charge on any atom is 0.221 e. The van der Waals surface area contributed by atoms with Crippen molar-refractivity contribution in [1.82, 2.24) is 34.5 Å². The molecule has 1 fully saturated rings. The predicted molar refractivity (Wildman–Crippen MR) is 131 cm³/mol. The first kappa shape index (κ1) is 21.4. The van der Waals surface area contributed by atoms with Crippen molar-refractivity contribution in [1.29, 1.82) is 0 Å². The third kappa shape index (κ3) is 4.09. The fourth-order valence-corrected chi connectivity index (χ4v) is 6.35. The van der Waals surface area contributed by atoms with Crippen LogP contribution in [-0.4, -0.2) is 51.9 Å². The number of carbonyl (C=O) groups excluding carboxylic acids is 1. The second kappa shape index (κ2) is 8.88. The van der Waals surface area contributed by atoms with Crippen molar-refractivity contribution in [2.75, 3.05) is 16.8 Å². The molecule has 1 atom stereocenters. The number of amides is 1. The van der Waals surface area contributed by atoms with E-state index in [0.717, 1.165) is 63.2 Å². The van der Waals surface area contributed by atoms with Gasteiger partial charge >= 0.3 is 0 Å². The van der Waals surface area contributed by atoms with Crippen LogP contribution in [-0.2, 0) is 4.79 Å². The minimum Gasteiger partial charge on any atom is -0.326 e. The SMILES string of the molecule is CC(=O)Nc1cccc(-n2c(SCC3CSc4nnc(-c5cccnc5)n43)nnc2C2CC2)c1. The van der Waals surface area contributed by atoms with Crippen LogP contribution in [0.25, 0.3) is 17.1 Å². The lowest BCUT2D eigenvalue weighted by atomic mass is 10.2. The van der Waals surface area contributed by atoms with Gasteiger partial charge in [-0.15, -0.1) is 20.4 Å². The number of aromatic nitrogens is 7. The fourth-order valence-electron chi connectivity index (χ4n) is 4.08. The molecule has 1 aliphatic heterocycles. The Hall–Kier alpha value is -3.18. The molecule has 0 saturated heterocycles. The van der Waals surface area contributed by atoms with Crippen LogP contribution in [0.5, 0.6) is 0 Å². The highest BCUT2D eigenvalue weighted by Gasteiger charge is 2.33. The number of thioether (sulfide) groups is 2. The van der Waals surface area contributed by atoms with Gasteiger partial charge in [-0.25, -0.2) is 0 Å². The highest BCUT2D eigenvalue weighted by atomic mass is 32.2. The third-order valence-corrected chi connectivity index (χ3v) is 7.95. The Balaban J connectivity index is 1.28. The average molecular weight is 491 g/mol. The van der Waals surface area contributed by atoms with Crippen LogP contribution in [0.2, 0.25) is 0 Å². The van der Waals surface area contributed by atoms with Crippen LogP contribution in [0.3, 0.4) is 0 Å². The summed E-state index contributed by atoms with van der Waals surface area (Å²) < 4.78 is 4.36. The molecule has 1 N–H and O–H groups in total. The van der Waals surface area contributed by atoms with E-state index in [2.05, 4.69) is 39.8 Å². The van der Waals surface area contributed by atoms with E-state index in [1.807, 2.05) is 42.6 Å². The summed E-state index contributed by atoms with van der Waals surface area (Å²) in [5.74, 6) is 3.94. The third-order valence-electron chi connectivity index (χ3n) is 5.78. The number of fused-ring (bicyclic) bond motifs is 1. The highest BCUT2D eigenvalue weighted by Crippen LogP contribution is 2.43. The number of carbonyl (C=O) groups is 1. The minimum atomic E-state index is -0.0918. The number of pyridine rings is 1. The van der Waals surface area contributed by atoms with E-state index in [1.165, 1.54) is 6.92 Å². The molecule has 0 spiro atoms. The van der Waals surface area contributed by atoms with E-state index in [1.54, 1.807) is 29.7 Å². The van der Waals surface area contributed by atoms with Crippen LogP contribution in [0.15, 0.2) is 59.1 Å². The van der Waals surface area contributed by atoms with Gasteiger partial charge in [0.2, 0.25) is 5.91 Å². The van der Waals surface area contributed by atoms with Crippen molar-refractivity contribution in [2.24, 2.45) is 0 Å². The number of nitrogens with one attached hydrogen (secondary N) is 1. The van der Waals surface area contributed by atoms with Crippen molar-refractivity contribution < 1.29 is 4.79 Å². The molecular weight excluding hydrogens is 468 g/mol. The first-order chi connectivity index (χ1) is 16.7. The Morgan fingerprint density at radius 2 is 2.09 bits per heavy atom. The minimum absolute atomic E-state index is 0.0918. The summed E-state index contributed by atoms with van der Waals surface area (Å²) in [6.07, 6.45) is 5.85. The number of hydrogen-bond acceptors (Lipinski definition) is 8. The highest BCUT2D eigenvalue weighted by molar-refractivity contribution is 8.00. The molecule has 4 aromatic rings. The van der Waals surface area contributed by atoms with Crippen LogP contribution in [0.1, 0.15) is 37.5 Å². The molecule has 2 aliphatic rings. The van der Waals surface area contributed by atoms with Gasteiger partial charge in [-0.2, -0.15) is 0 Å². The zero-order valence-electron chi connectivity index (χ0n) is 18.5. The van der Waals surface area contributed by atoms with E-state index >= 15 is 0 Å². The van der Waals surface area contributed by atoms with Crippen molar-refractivity contribution in [2.45, 2.75) is 42.0 Å². The van der Waals surface area contributed by atoms with Crippen molar-refractivity contribution in [3.8, 4) is 17.1 Å². The number of rotatable bonds is 7. The van der Waals surface area contributed by atoms with E-state index in [4.69, 9.17) is 0 Å². The largest absolute Gasteiger partial charge is 0.326 e. The van der Waals surface area contributed by atoms with Gasteiger partial charge in [0, 0.05) is 48.0 Å². The van der Waals surface area contributed by atoms with Gasteiger partial charge in [0.1, 0.15) is 5.82 Å². The topological polar surface area (TPSA) is 103 Å². The van der Waals surface area contributed by atoms with Crippen molar-refractivity contribution in [3.63, 3.8) is 0 Å². The molecule has 11 heteroatoms.